The molecule has 7 nitrogen and oxygen atoms in total. The van der Waals surface area contributed by atoms with E-state index in [2.05, 4.69) is 15.3 Å². The molecular formula is C17H13ClN4O3S2. The number of imidazole rings is 1. The van der Waals surface area contributed by atoms with Crippen molar-refractivity contribution in [3.63, 3.8) is 0 Å². The van der Waals surface area contributed by atoms with Crippen LogP contribution in [0.3, 0.4) is 0 Å². The zero-order valence-corrected chi connectivity index (χ0v) is 16.6. The van der Waals surface area contributed by atoms with Crippen molar-refractivity contribution in [1.29, 1.82) is 0 Å². The number of ether oxygens (including phenoxy) is 2. The largest absolute Gasteiger partial charge is 0.497 e. The summed E-state index contributed by atoms with van der Waals surface area (Å²) in [5.41, 5.74) is 1.73. The van der Waals surface area contributed by atoms with Crippen LogP contribution in [0.2, 0.25) is 5.15 Å². The Bertz CT molecular complexity index is 1130. The molecule has 3 heterocycles. The van der Waals surface area contributed by atoms with Crippen molar-refractivity contribution in [3.05, 3.63) is 46.0 Å². The predicted octanol–water partition coefficient (Wildman–Crippen LogP) is 4.44. The van der Waals surface area contributed by atoms with Gasteiger partial charge in [0, 0.05) is 22.5 Å². The zero-order chi connectivity index (χ0) is 19.0. The molecule has 1 N–H and O–H groups in total. The lowest BCUT2D eigenvalue weighted by atomic mass is 10.1. The number of carbonyl (C=O) groups is 1. The van der Waals surface area contributed by atoms with Crippen molar-refractivity contribution in [1.82, 2.24) is 14.4 Å². The highest BCUT2D eigenvalue weighted by Crippen LogP contribution is 2.35. The smallest absolute Gasteiger partial charge is 0.277 e. The van der Waals surface area contributed by atoms with Gasteiger partial charge in [-0.1, -0.05) is 11.6 Å². The average Bonchev–Trinajstić information content (AvgIpc) is 3.37. The van der Waals surface area contributed by atoms with Gasteiger partial charge in [-0.2, -0.15) is 0 Å². The number of fused-ring (bicyclic) bond motifs is 1. The molecule has 0 spiro atoms. The molecule has 3 aromatic heterocycles. The summed E-state index contributed by atoms with van der Waals surface area (Å²) in [6, 6.07) is 5.46. The van der Waals surface area contributed by atoms with E-state index in [0.717, 1.165) is 5.56 Å². The number of halogens is 1. The van der Waals surface area contributed by atoms with Gasteiger partial charge in [-0.25, -0.2) is 9.97 Å². The fraction of sp³-hybridized carbons (Fsp3) is 0.118. The third-order valence-electron chi connectivity index (χ3n) is 3.84. The van der Waals surface area contributed by atoms with E-state index in [1.54, 1.807) is 24.8 Å². The monoisotopic (exact) mass is 420 g/mol. The van der Waals surface area contributed by atoms with Crippen molar-refractivity contribution >= 4 is 50.3 Å². The number of amides is 1. The summed E-state index contributed by atoms with van der Waals surface area (Å²) in [6.07, 6.45) is 1.75. The molecule has 0 radical (unpaired) electrons. The third kappa shape index (κ3) is 3.25. The van der Waals surface area contributed by atoms with E-state index < -0.39 is 0 Å². The fourth-order valence-electron chi connectivity index (χ4n) is 2.59. The Hall–Kier alpha value is -2.62. The van der Waals surface area contributed by atoms with E-state index in [9.17, 15) is 4.79 Å². The fourth-order valence-corrected chi connectivity index (χ4v) is 4.31. The summed E-state index contributed by atoms with van der Waals surface area (Å²) in [4.78, 5) is 22.0. The first-order chi connectivity index (χ1) is 13.1. The maximum Gasteiger partial charge on any atom is 0.277 e. The van der Waals surface area contributed by atoms with Gasteiger partial charge in [-0.15, -0.1) is 22.7 Å². The van der Waals surface area contributed by atoms with Gasteiger partial charge in [0.05, 0.1) is 19.9 Å². The summed E-state index contributed by atoms with van der Waals surface area (Å²) in [5.74, 6) is 0.984. The van der Waals surface area contributed by atoms with Gasteiger partial charge < -0.3 is 9.47 Å². The van der Waals surface area contributed by atoms with Gasteiger partial charge in [-0.05, 0) is 18.2 Å². The maximum absolute atomic E-state index is 12.6. The van der Waals surface area contributed by atoms with Crippen LogP contribution in [0, 0.1) is 0 Å². The number of aromatic nitrogens is 3. The second-order valence-corrected chi connectivity index (χ2v) is 7.45. The summed E-state index contributed by atoms with van der Waals surface area (Å²) < 4.78 is 12.3. The van der Waals surface area contributed by atoms with E-state index in [0.29, 0.717) is 27.3 Å². The summed E-state index contributed by atoms with van der Waals surface area (Å²) >= 11 is 8.82. The third-order valence-corrected chi connectivity index (χ3v) is 5.62. The summed E-state index contributed by atoms with van der Waals surface area (Å²) in [6.45, 7) is 0. The van der Waals surface area contributed by atoms with Crippen LogP contribution in [0.1, 0.15) is 10.5 Å². The van der Waals surface area contributed by atoms with E-state index in [-0.39, 0.29) is 16.8 Å². The first kappa shape index (κ1) is 17.8. The number of thiazole rings is 2. The molecule has 4 aromatic rings. The lowest BCUT2D eigenvalue weighted by Crippen LogP contribution is -2.14. The van der Waals surface area contributed by atoms with Gasteiger partial charge in [0.1, 0.15) is 11.5 Å². The minimum Gasteiger partial charge on any atom is -0.497 e. The second-order valence-electron chi connectivity index (χ2n) is 5.37. The van der Waals surface area contributed by atoms with Crippen molar-refractivity contribution < 1.29 is 14.3 Å². The number of methoxy groups -OCH3 is 2. The molecule has 4 rings (SSSR count). The molecule has 1 amide bonds. The van der Waals surface area contributed by atoms with Gasteiger partial charge in [0.25, 0.3) is 5.91 Å². The Balaban J connectivity index is 1.63. The minimum atomic E-state index is -0.371. The maximum atomic E-state index is 12.6. The minimum absolute atomic E-state index is 0.158. The molecule has 0 saturated carbocycles. The van der Waals surface area contributed by atoms with Crippen molar-refractivity contribution in [2.75, 3.05) is 19.5 Å². The molecule has 0 fully saturated rings. The lowest BCUT2D eigenvalue weighted by molar-refractivity contribution is 0.102. The molecule has 0 atom stereocenters. The molecule has 27 heavy (non-hydrogen) atoms. The predicted molar refractivity (Wildman–Crippen MR) is 107 cm³/mol. The molecule has 0 unspecified atom stereocenters. The molecule has 0 aliphatic carbocycles. The average molecular weight is 421 g/mol. The van der Waals surface area contributed by atoms with E-state index >= 15 is 0 Å². The van der Waals surface area contributed by atoms with Gasteiger partial charge in [-0.3, -0.25) is 14.5 Å². The zero-order valence-electron chi connectivity index (χ0n) is 14.2. The molecular weight excluding hydrogens is 408 g/mol. The van der Waals surface area contributed by atoms with Crippen LogP contribution in [0.15, 0.2) is 35.2 Å². The Morgan fingerprint density at radius 3 is 2.85 bits per heavy atom. The SMILES string of the molecule is COc1ccc(OC)c(-c2csc(NC(=O)c3c(Cl)nc4sccn34)n2)c1. The van der Waals surface area contributed by atoms with Crippen LogP contribution in [0.5, 0.6) is 11.5 Å². The number of benzene rings is 1. The highest BCUT2D eigenvalue weighted by Gasteiger charge is 2.20. The van der Waals surface area contributed by atoms with Crippen LogP contribution in [0.25, 0.3) is 16.2 Å². The number of rotatable bonds is 5. The van der Waals surface area contributed by atoms with Crippen LogP contribution >= 0.6 is 34.3 Å². The van der Waals surface area contributed by atoms with Gasteiger partial charge in [0.15, 0.2) is 20.9 Å². The number of nitrogens with zero attached hydrogens (tertiary/aromatic N) is 3. The van der Waals surface area contributed by atoms with Crippen LogP contribution in [-0.4, -0.2) is 34.5 Å². The van der Waals surface area contributed by atoms with Crippen LogP contribution in [0.4, 0.5) is 5.13 Å². The first-order valence-electron chi connectivity index (χ1n) is 7.71. The number of hydrogen-bond donors (Lipinski definition) is 1. The first-order valence-corrected chi connectivity index (χ1v) is 9.84. The molecule has 0 bridgehead atoms. The molecule has 1 aromatic carbocycles. The Morgan fingerprint density at radius 2 is 2.07 bits per heavy atom. The molecule has 0 aliphatic heterocycles. The molecule has 0 saturated heterocycles. The normalized spacial score (nSPS) is 10.9. The Morgan fingerprint density at radius 1 is 1.22 bits per heavy atom. The summed E-state index contributed by atoms with van der Waals surface area (Å²) in [5, 5.41) is 7.06. The molecule has 138 valence electrons. The topological polar surface area (TPSA) is 77.8 Å². The Kier molecular flexibility index (Phi) is 4.73. The second kappa shape index (κ2) is 7.18. The van der Waals surface area contributed by atoms with Gasteiger partial charge >= 0.3 is 0 Å². The van der Waals surface area contributed by atoms with Crippen molar-refractivity contribution in [3.8, 4) is 22.8 Å². The van der Waals surface area contributed by atoms with E-state index in [1.807, 2.05) is 29.0 Å². The Labute approximate surface area is 167 Å². The highest BCUT2D eigenvalue weighted by atomic mass is 35.5. The quantitative estimate of drug-likeness (QED) is 0.516. The standard InChI is InChI=1S/C17H13ClN4O3S2/c1-24-9-3-4-12(25-2)10(7-9)11-8-27-16(19-11)21-15(23)13-14(18)20-17-22(13)5-6-26-17/h3-8H,1-2H3,(H,19,21,23). The lowest BCUT2D eigenvalue weighted by Gasteiger charge is -2.08. The molecule has 0 aliphatic rings. The molecule has 10 heteroatoms. The van der Waals surface area contributed by atoms with E-state index in [4.69, 9.17) is 21.1 Å². The van der Waals surface area contributed by atoms with Gasteiger partial charge in [0.2, 0.25) is 0 Å². The summed E-state index contributed by atoms with van der Waals surface area (Å²) in [7, 11) is 3.19. The van der Waals surface area contributed by atoms with Crippen molar-refractivity contribution in [2.45, 2.75) is 0 Å². The number of hydrogen-bond acceptors (Lipinski definition) is 7. The number of anilines is 1. The van der Waals surface area contributed by atoms with Crippen molar-refractivity contribution in [2.24, 2.45) is 0 Å². The number of carbonyl (C=O) groups excluding carboxylic acids is 1. The van der Waals surface area contributed by atoms with E-state index in [1.165, 1.54) is 22.7 Å². The van der Waals surface area contributed by atoms with Crippen LogP contribution in [-0.2, 0) is 0 Å². The van der Waals surface area contributed by atoms with Crippen LogP contribution < -0.4 is 14.8 Å². The highest BCUT2D eigenvalue weighted by molar-refractivity contribution is 7.15. The number of nitrogens with one attached hydrogen (secondary N) is 1.